The highest BCUT2D eigenvalue weighted by Gasteiger charge is 2.29. The number of carbonyl (C=O) groups excluding carboxylic acids is 1. The molecule has 1 amide bonds. The average Bonchev–Trinajstić information content (AvgIpc) is 2.69. The van der Waals surface area contributed by atoms with Gasteiger partial charge in [-0.2, -0.15) is 4.31 Å². The molecule has 0 unspecified atom stereocenters. The Balaban J connectivity index is 1.49. The fourth-order valence-electron chi connectivity index (χ4n) is 2.86. The van der Waals surface area contributed by atoms with Crippen LogP contribution in [0, 0.1) is 5.82 Å². The number of hydrogen-bond acceptors (Lipinski definition) is 4. The van der Waals surface area contributed by atoms with Gasteiger partial charge in [-0.05, 0) is 36.4 Å². The highest BCUT2D eigenvalue weighted by atomic mass is 32.2. The lowest BCUT2D eigenvalue weighted by Gasteiger charge is -2.34. The number of piperazine rings is 1. The van der Waals surface area contributed by atoms with E-state index in [2.05, 4.69) is 0 Å². The van der Waals surface area contributed by atoms with E-state index in [0.29, 0.717) is 25.3 Å². The summed E-state index contributed by atoms with van der Waals surface area (Å²) in [5.74, 6) is 0.256. The number of hydrogen-bond donors (Lipinski definition) is 0. The molecular formula is C19H21FN2O3S2. The Morgan fingerprint density at radius 3 is 2.22 bits per heavy atom. The SMILES string of the molecule is O=C(CCSc1ccccc1)N1CCN(S(=O)(=O)c2ccc(F)cc2)CC1. The van der Waals surface area contributed by atoms with Crippen molar-refractivity contribution in [3.05, 3.63) is 60.4 Å². The van der Waals surface area contributed by atoms with E-state index in [9.17, 15) is 17.6 Å². The molecule has 0 saturated carbocycles. The van der Waals surface area contributed by atoms with E-state index in [4.69, 9.17) is 0 Å². The van der Waals surface area contributed by atoms with Gasteiger partial charge in [-0.3, -0.25) is 4.79 Å². The second kappa shape index (κ2) is 8.86. The second-order valence-electron chi connectivity index (χ2n) is 6.15. The van der Waals surface area contributed by atoms with Gasteiger partial charge in [0.2, 0.25) is 15.9 Å². The van der Waals surface area contributed by atoms with Gasteiger partial charge in [-0.15, -0.1) is 11.8 Å². The van der Waals surface area contributed by atoms with E-state index in [1.807, 2.05) is 30.3 Å². The molecule has 0 spiro atoms. The molecule has 0 radical (unpaired) electrons. The molecule has 3 rings (SSSR count). The van der Waals surface area contributed by atoms with Crippen molar-refractivity contribution < 1.29 is 17.6 Å². The Kier molecular flexibility index (Phi) is 6.51. The first-order valence-corrected chi connectivity index (χ1v) is 11.1. The number of amides is 1. The molecule has 1 aliphatic rings. The maximum absolute atomic E-state index is 13.0. The van der Waals surface area contributed by atoms with Crippen LogP contribution in [-0.4, -0.2) is 55.5 Å². The fraction of sp³-hybridized carbons (Fsp3) is 0.316. The summed E-state index contributed by atoms with van der Waals surface area (Å²) in [5, 5.41) is 0. The monoisotopic (exact) mass is 408 g/mol. The molecule has 0 atom stereocenters. The Morgan fingerprint density at radius 2 is 1.59 bits per heavy atom. The first-order valence-electron chi connectivity index (χ1n) is 8.68. The molecule has 5 nitrogen and oxygen atoms in total. The quantitative estimate of drug-likeness (QED) is 0.690. The summed E-state index contributed by atoms with van der Waals surface area (Å²) >= 11 is 1.63. The van der Waals surface area contributed by atoms with E-state index in [-0.39, 0.29) is 23.9 Å². The first-order chi connectivity index (χ1) is 13.0. The van der Waals surface area contributed by atoms with Crippen LogP contribution in [0.5, 0.6) is 0 Å². The topological polar surface area (TPSA) is 57.7 Å². The van der Waals surface area contributed by atoms with Gasteiger partial charge < -0.3 is 4.90 Å². The minimum Gasteiger partial charge on any atom is -0.340 e. The molecule has 0 bridgehead atoms. The van der Waals surface area contributed by atoms with Gasteiger partial charge >= 0.3 is 0 Å². The molecular weight excluding hydrogens is 387 g/mol. The molecule has 1 fully saturated rings. The van der Waals surface area contributed by atoms with Crippen molar-refractivity contribution in [2.45, 2.75) is 16.2 Å². The third-order valence-corrected chi connectivity index (χ3v) is 7.30. The smallest absolute Gasteiger partial charge is 0.243 e. The van der Waals surface area contributed by atoms with Crippen LogP contribution >= 0.6 is 11.8 Å². The maximum Gasteiger partial charge on any atom is 0.243 e. The molecule has 1 heterocycles. The molecule has 27 heavy (non-hydrogen) atoms. The van der Waals surface area contributed by atoms with Crippen LogP contribution in [-0.2, 0) is 14.8 Å². The number of thioether (sulfide) groups is 1. The Hall–Kier alpha value is -1.90. The van der Waals surface area contributed by atoms with Gasteiger partial charge in [-0.1, -0.05) is 18.2 Å². The number of benzene rings is 2. The zero-order valence-corrected chi connectivity index (χ0v) is 16.4. The van der Waals surface area contributed by atoms with Gasteiger partial charge in [0.1, 0.15) is 5.82 Å². The largest absolute Gasteiger partial charge is 0.340 e. The molecule has 0 aromatic heterocycles. The van der Waals surface area contributed by atoms with Gasteiger partial charge in [0.25, 0.3) is 0 Å². The summed E-state index contributed by atoms with van der Waals surface area (Å²) in [6.45, 7) is 1.24. The molecule has 8 heteroatoms. The predicted octanol–water partition coefficient (Wildman–Crippen LogP) is 2.84. The van der Waals surface area contributed by atoms with Crippen LogP contribution in [0.1, 0.15) is 6.42 Å². The Bertz CT molecular complexity index is 866. The molecule has 0 N–H and O–H groups in total. The number of sulfonamides is 1. The minimum absolute atomic E-state index is 0.0391. The molecule has 2 aromatic carbocycles. The van der Waals surface area contributed by atoms with Crippen molar-refractivity contribution in [1.29, 1.82) is 0 Å². The summed E-state index contributed by atoms with van der Waals surface area (Å²) in [7, 11) is -3.66. The van der Waals surface area contributed by atoms with Gasteiger partial charge in [0.05, 0.1) is 4.90 Å². The lowest BCUT2D eigenvalue weighted by atomic mass is 10.3. The second-order valence-corrected chi connectivity index (χ2v) is 9.26. The van der Waals surface area contributed by atoms with E-state index in [1.54, 1.807) is 16.7 Å². The van der Waals surface area contributed by atoms with Crippen molar-refractivity contribution in [3.63, 3.8) is 0 Å². The van der Waals surface area contributed by atoms with E-state index < -0.39 is 15.8 Å². The van der Waals surface area contributed by atoms with E-state index in [0.717, 1.165) is 17.0 Å². The van der Waals surface area contributed by atoms with Crippen LogP contribution in [0.15, 0.2) is 64.4 Å². The van der Waals surface area contributed by atoms with Crippen LogP contribution in [0.2, 0.25) is 0 Å². The minimum atomic E-state index is -3.66. The fourth-order valence-corrected chi connectivity index (χ4v) is 5.15. The Morgan fingerprint density at radius 1 is 0.963 bits per heavy atom. The number of halogens is 1. The van der Waals surface area contributed by atoms with Crippen LogP contribution in [0.4, 0.5) is 4.39 Å². The van der Waals surface area contributed by atoms with Crippen molar-refractivity contribution in [2.75, 3.05) is 31.9 Å². The van der Waals surface area contributed by atoms with Gasteiger partial charge in [0, 0.05) is 43.2 Å². The first kappa shape index (κ1) is 19.9. The highest BCUT2D eigenvalue weighted by molar-refractivity contribution is 7.99. The molecule has 1 saturated heterocycles. The van der Waals surface area contributed by atoms with Crippen molar-refractivity contribution in [1.82, 2.24) is 9.21 Å². The Labute approximate surface area is 163 Å². The predicted molar refractivity (Wildman–Crippen MR) is 104 cm³/mol. The van der Waals surface area contributed by atoms with Crippen molar-refractivity contribution >= 4 is 27.7 Å². The lowest BCUT2D eigenvalue weighted by molar-refractivity contribution is -0.131. The standard InChI is InChI=1S/C19H21FN2O3S2/c20-16-6-8-18(9-7-16)27(24,25)22-13-11-21(12-14-22)19(23)10-15-26-17-4-2-1-3-5-17/h1-9H,10-15H2. The van der Waals surface area contributed by atoms with Crippen LogP contribution in [0.25, 0.3) is 0 Å². The van der Waals surface area contributed by atoms with Crippen molar-refractivity contribution in [2.24, 2.45) is 0 Å². The maximum atomic E-state index is 13.0. The summed E-state index contributed by atoms with van der Waals surface area (Å²) in [4.78, 5) is 15.3. The summed E-state index contributed by atoms with van der Waals surface area (Å²) < 4.78 is 39.6. The molecule has 1 aliphatic heterocycles. The third-order valence-electron chi connectivity index (χ3n) is 4.37. The van der Waals surface area contributed by atoms with Crippen LogP contribution in [0.3, 0.4) is 0 Å². The number of rotatable bonds is 6. The molecule has 0 aliphatic carbocycles. The number of nitrogens with zero attached hydrogens (tertiary/aromatic N) is 2. The molecule has 144 valence electrons. The van der Waals surface area contributed by atoms with E-state index >= 15 is 0 Å². The van der Waals surface area contributed by atoms with E-state index in [1.165, 1.54) is 16.4 Å². The van der Waals surface area contributed by atoms with Crippen LogP contribution < -0.4 is 0 Å². The molecule has 2 aromatic rings. The normalized spacial score (nSPS) is 15.7. The van der Waals surface area contributed by atoms with Crippen molar-refractivity contribution in [3.8, 4) is 0 Å². The average molecular weight is 409 g/mol. The van der Waals surface area contributed by atoms with Gasteiger partial charge in [0.15, 0.2) is 0 Å². The summed E-state index contributed by atoms with van der Waals surface area (Å²) in [5.41, 5.74) is 0. The third kappa shape index (κ3) is 5.09. The summed E-state index contributed by atoms with van der Waals surface area (Å²) in [6, 6.07) is 14.7. The van der Waals surface area contributed by atoms with Gasteiger partial charge in [-0.25, -0.2) is 12.8 Å². The lowest BCUT2D eigenvalue weighted by Crippen LogP contribution is -2.50. The zero-order chi connectivity index (χ0) is 19.3. The highest BCUT2D eigenvalue weighted by Crippen LogP contribution is 2.20. The summed E-state index contributed by atoms with van der Waals surface area (Å²) in [6.07, 6.45) is 0.421. The zero-order valence-electron chi connectivity index (χ0n) is 14.8. The number of carbonyl (C=O) groups is 1.